The number of hydrogen-bond donors (Lipinski definition) is 1. The van der Waals surface area contributed by atoms with Crippen LogP contribution in [0.5, 0.6) is 0 Å². The summed E-state index contributed by atoms with van der Waals surface area (Å²) in [6, 6.07) is 3.14. The van der Waals surface area contributed by atoms with Gasteiger partial charge in [0.05, 0.1) is 16.4 Å². The normalized spacial score (nSPS) is 21.7. The zero-order valence-corrected chi connectivity index (χ0v) is 10.1. The number of nitro groups is 1. The molecule has 1 unspecified atom stereocenters. The average Bonchev–Trinajstić information content (AvgIpc) is 2.60. The average molecular weight is 274 g/mol. The molecule has 0 aromatic heterocycles. The summed E-state index contributed by atoms with van der Waals surface area (Å²) in [5.74, 6) is -0.809. The minimum Gasteiger partial charge on any atom is -0.381 e. The summed E-state index contributed by atoms with van der Waals surface area (Å²) in [4.78, 5) is 9.74. The van der Waals surface area contributed by atoms with E-state index in [1.54, 1.807) is 0 Å². The van der Waals surface area contributed by atoms with Gasteiger partial charge in [-0.1, -0.05) is 0 Å². The van der Waals surface area contributed by atoms with Crippen molar-refractivity contribution in [3.05, 3.63) is 34.1 Å². The lowest BCUT2D eigenvalue weighted by atomic mass is 10.2. The lowest BCUT2D eigenvalue weighted by Gasteiger charge is -2.11. The second kappa shape index (κ2) is 4.52. The number of nitro benzene ring substituents is 1. The Hall–Kier alpha value is -1.70. The predicted molar refractivity (Wildman–Crippen MR) is 63.7 cm³/mol. The van der Waals surface area contributed by atoms with E-state index < -0.39 is 26.3 Å². The highest BCUT2D eigenvalue weighted by molar-refractivity contribution is 7.91. The third kappa shape index (κ3) is 2.76. The van der Waals surface area contributed by atoms with Crippen LogP contribution in [0.1, 0.15) is 6.42 Å². The zero-order valence-electron chi connectivity index (χ0n) is 9.30. The number of benzene rings is 1. The van der Waals surface area contributed by atoms with Gasteiger partial charge in [0.25, 0.3) is 0 Å². The number of anilines is 1. The first kappa shape index (κ1) is 12.7. The predicted octanol–water partition coefficient (Wildman–Crippen LogP) is 1.33. The molecule has 2 rings (SSSR count). The third-order valence-corrected chi connectivity index (χ3v) is 4.51. The molecule has 1 N–H and O–H groups in total. The van der Waals surface area contributed by atoms with Crippen molar-refractivity contribution in [1.82, 2.24) is 0 Å². The maximum absolute atomic E-state index is 13.1. The second-order valence-corrected chi connectivity index (χ2v) is 6.40. The molecule has 6 nitrogen and oxygen atoms in total. The maximum Gasteiger partial charge on any atom is 0.306 e. The molecule has 1 atom stereocenters. The molecule has 0 spiro atoms. The number of hydrogen-bond acceptors (Lipinski definition) is 5. The van der Waals surface area contributed by atoms with Gasteiger partial charge in [-0.2, -0.15) is 4.39 Å². The Bertz CT molecular complexity index is 588. The minimum atomic E-state index is -3.02. The van der Waals surface area contributed by atoms with Crippen molar-refractivity contribution in [3.8, 4) is 0 Å². The van der Waals surface area contributed by atoms with Gasteiger partial charge in [-0.05, 0) is 18.6 Å². The van der Waals surface area contributed by atoms with Crippen molar-refractivity contribution in [3.63, 3.8) is 0 Å². The van der Waals surface area contributed by atoms with Gasteiger partial charge in [0.2, 0.25) is 5.82 Å². The lowest BCUT2D eigenvalue weighted by Crippen LogP contribution is -2.20. The molecule has 1 aromatic carbocycles. The fourth-order valence-corrected chi connectivity index (χ4v) is 3.56. The summed E-state index contributed by atoms with van der Waals surface area (Å²) in [5.41, 5.74) is -0.272. The van der Waals surface area contributed by atoms with E-state index in [4.69, 9.17) is 0 Å². The molecule has 1 heterocycles. The summed E-state index contributed by atoms with van der Waals surface area (Å²) in [7, 11) is -3.02. The summed E-state index contributed by atoms with van der Waals surface area (Å²) >= 11 is 0. The van der Waals surface area contributed by atoms with Gasteiger partial charge in [0.1, 0.15) is 0 Å². The van der Waals surface area contributed by atoms with Crippen molar-refractivity contribution < 1.29 is 17.7 Å². The first-order valence-electron chi connectivity index (χ1n) is 5.28. The van der Waals surface area contributed by atoms with Crippen molar-refractivity contribution in [1.29, 1.82) is 0 Å². The Labute approximate surface area is 103 Å². The van der Waals surface area contributed by atoms with E-state index in [-0.39, 0.29) is 17.5 Å². The molecule has 1 saturated heterocycles. The highest BCUT2D eigenvalue weighted by atomic mass is 32.2. The quantitative estimate of drug-likeness (QED) is 0.663. The van der Waals surface area contributed by atoms with E-state index in [9.17, 15) is 22.9 Å². The number of rotatable bonds is 3. The summed E-state index contributed by atoms with van der Waals surface area (Å²) in [5, 5.41) is 13.4. The monoisotopic (exact) mass is 274 g/mol. The van der Waals surface area contributed by atoms with Gasteiger partial charge < -0.3 is 5.32 Å². The van der Waals surface area contributed by atoms with E-state index in [1.165, 1.54) is 6.07 Å². The van der Waals surface area contributed by atoms with Crippen LogP contribution in [0.3, 0.4) is 0 Å². The van der Waals surface area contributed by atoms with Crippen molar-refractivity contribution >= 4 is 21.2 Å². The number of halogens is 1. The molecular weight excluding hydrogens is 263 g/mol. The molecular formula is C10H11FN2O4S. The molecule has 1 aliphatic rings. The Balaban J connectivity index is 2.16. The molecule has 0 saturated carbocycles. The van der Waals surface area contributed by atoms with E-state index in [0.717, 1.165) is 12.1 Å². The molecule has 98 valence electrons. The van der Waals surface area contributed by atoms with Crippen molar-refractivity contribution in [2.45, 2.75) is 12.5 Å². The van der Waals surface area contributed by atoms with Gasteiger partial charge in [0, 0.05) is 17.8 Å². The Morgan fingerprint density at radius 3 is 2.72 bits per heavy atom. The number of nitrogens with one attached hydrogen (secondary N) is 1. The molecule has 0 amide bonds. The van der Waals surface area contributed by atoms with Crippen LogP contribution < -0.4 is 5.32 Å². The summed E-state index contributed by atoms with van der Waals surface area (Å²) < 4.78 is 35.6. The van der Waals surface area contributed by atoms with Crippen molar-refractivity contribution in [2.75, 3.05) is 16.8 Å². The molecule has 18 heavy (non-hydrogen) atoms. The van der Waals surface area contributed by atoms with Gasteiger partial charge in [-0.15, -0.1) is 0 Å². The number of sulfone groups is 1. The minimum absolute atomic E-state index is 0.00181. The SMILES string of the molecule is O=[N+]([O-])c1cc(NC2CCS(=O)(=O)C2)ccc1F. The van der Waals surface area contributed by atoms with Crippen LogP contribution in [0.4, 0.5) is 15.8 Å². The maximum atomic E-state index is 13.1. The first-order valence-corrected chi connectivity index (χ1v) is 7.10. The van der Waals surface area contributed by atoms with Gasteiger partial charge in [-0.25, -0.2) is 8.42 Å². The molecule has 0 aliphatic carbocycles. The third-order valence-electron chi connectivity index (χ3n) is 2.75. The van der Waals surface area contributed by atoms with Crippen LogP contribution in [0.15, 0.2) is 18.2 Å². The fraction of sp³-hybridized carbons (Fsp3) is 0.400. The molecule has 1 aromatic rings. The van der Waals surface area contributed by atoms with Crippen LogP contribution in [0.2, 0.25) is 0 Å². The lowest BCUT2D eigenvalue weighted by molar-refractivity contribution is -0.387. The second-order valence-electron chi connectivity index (χ2n) is 4.17. The van der Waals surface area contributed by atoms with Gasteiger partial charge >= 0.3 is 5.69 Å². The smallest absolute Gasteiger partial charge is 0.306 e. The highest BCUT2D eigenvalue weighted by Gasteiger charge is 2.28. The van der Waals surface area contributed by atoms with E-state index >= 15 is 0 Å². The van der Waals surface area contributed by atoms with E-state index in [2.05, 4.69) is 5.32 Å². The van der Waals surface area contributed by atoms with E-state index in [1.807, 2.05) is 0 Å². The largest absolute Gasteiger partial charge is 0.381 e. The van der Waals surface area contributed by atoms with Crippen LogP contribution in [0.25, 0.3) is 0 Å². The van der Waals surface area contributed by atoms with Crippen molar-refractivity contribution in [2.24, 2.45) is 0 Å². The first-order chi connectivity index (χ1) is 8.37. The molecule has 1 fully saturated rings. The standard InChI is InChI=1S/C10H11FN2O4S/c11-9-2-1-7(5-10(9)13(14)15)12-8-3-4-18(16,17)6-8/h1-2,5,8,12H,3-4,6H2. The Morgan fingerprint density at radius 1 is 1.44 bits per heavy atom. The van der Waals surface area contributed by atoms with Crippen LogP contribution in [-0.4, -0.2) is 30.9 Å². The van der Waals surface area contributed by atoms with E-state index in [0.29, 0.717) is 12.1 Å². The topological polar surface area (TPSA) is 89.3 Å². The zero-order chi connectivity index (χ0) is 13.3. The Kier molecular flexibility index (Phi) is 3.20. The molecule has 0 radical (unpaired) electrons. The highest BCUT2D eigenvalue weighted by Crippen LogP contribution is 2.24. The van der Waals surface area contributed by atoms with Gasteiger partial charge in [0.15, 0.2) is 9.84 Å². The van der Waals surface area contributed by atoms with Crippen LogP contribution in [-0.2, 0) is 9.84 Å². The fourth-order valence-electron chi connectivity index (χ4n) is 1.89. The van der Waals surface area contributed by atoms with Crippen LogP contribution >= 0.6 is 0 Å². The van der Waals surface area contributed by atoms with Gasteiger partial charge in [-0.3, -0.25) is 10.1 Å². The summed E-state index contributed by atoms with van der Waals surface area (Å²) in [6.07, 6.45) is 0.452. The number of nitrogens with zero attached hydrogens (tertiary/aromatic N) is 1. The molecule has 0 bridgehead atoms. The van der Waals surface area contributed by atoms with Crippen LogP contribution in [0, 0.1) is 15.9 Å². The summed E-state index contributed by atoms with van der Waals surface area (Å²) in [6.45, 7) is 0. The molecule has 8 heteroatoms. The molecule has 1 aliphatic heterocycles. The Morgan fingerprint density at radius 2 is 2.17 bits per heavy atom.